The van der Waals surface area contributed by atoms with Crippen LogP contribution in [-0.2, 0) is 6.54 Å². The van der Waals surface area contributed by atoms with Crippen LogP contribution in [0.1, 0.15) is 11.3 Å². The summed E-state index contributed by atoms with van der Waals surface area (Å²) in [5, 5.41) is 21.5. The van der Waals surface area contributed by atoms with Crippen molar-refractivity contribution in [2.24, 2.45) is 0 Å². The van der Waals surface area contributed by atoms with Crippen molar-refractivity contribution in [2.75, 3.05) is 5.32 Å². The van der Waals surface area contributed by atoms with Gasteiger partial charge in [0.05, 0.1) is 17.2 Å². The van der Waals surface area contributed by atoms with Gasteiger partial charge < -0.3 is 5.32 Å². The van der Waals surface area contributed by atoms with Crippen molar-refractivity contribution in [1.82, 2.24) is 10.2 Å². The smallest absolute Gasteiger partial charge is 0.272 e. The van der Waals surface area contributed by atoms with Crippen molar-refractivity contribution in [3.8, 4) is 0 Å². The molecule has 0 saturated carbocycles. The predicted molar refractivity (Wildman–Crippen MR) is 67.2 cm³/mol. The highest BCUT2D eigenvalue weighted by molar-refractivity contribution is 5.53. The number of aryl methyl sites for hydroxylation is 1. The molecule has 0 unspecified atom stereocenters. The van der Waals surface area contributed by atoms with Crippen LogP contribution >= 0.6 is 0 Å². The van der Waals surface area contributed by atoms with E-state index in [-0.39, 0.29) is 10.6 Å². The van der Waals surface area contributed by atoms with Gasteiger partial charge in [-0.25, -0.2) is 0 Å². The van der Waals surface area contributed by atoms with Crippen LogP contribution in [-0.4, -0.2) is 15.1 Å². The van der Waals surface area contributed by atoms with Gasteiger partial charge in [-0.05, 0) is 31.2 Å². The van der Waals surface area contributed by atoms with Gasteiger partial charge in [0, 0.05) is 23.5 Å². The van der Waals surface area contributed by atoms with Gasteiger partial charge in [-0.2, -0.15) is 10.2 Å². The fraction of sp³-hybridized carbons (Fsp3) is 0.167. The van der Waals surface area contributed by atoms with Crippen molar-refractivity contribution in [3.63, 3.8) is 0 Å². The standard InChI is InChI=1S/C12H12N4O2/c1-9-7-10(4-5-12(9)16(17)18)13-8-11-3-2-6-14-15-11/h2-7,13H,8H2,1H3. The molecular formula is C12H12N4O2. The Kier molecular flexibility index (Phi) is 3.47. The van der Waals surface area contributed by atoms with Gasteiger partial charge >= 0.3 is 0 Å². The summed E-state index contributed by atoms with van der Waals surface area (Å²) in [6, 6.07) is 8.59. The lowest BCUT2D eigenvalue weighted by Crippen LogP contribution is -2.02. The Morgan fingerprint density at radius 2 is 2.22 bits per heavy atom. The summed E-state index contributed by atoms with van der Waals surface area (Å²) in [5.74, 6) is 0. The molecule has 0 radical (unpaired) electrons. The van der Waals surface area contributed by atoms with Gasteiger partial charge in [-0.1, -0.05) is 0 Å². The molecule has 1 aromatic heterocycles. The minimum Gasteiger partial charge on any atom is -0.379 e. The van der Waals surface area contributed by atoms with Crippen LogP contribution in [0, 0.1) is 17.0 Å². The molecule has 0 bridgehead atoms. The molecule has 0 fully saturated rings. The SMILES string of the molecule is Cc1cc(NCc2cccnn2)ccc1[N+](=O)[O-]. The molecule has 1 N–H and O–H groups in total. The van der Waals surface area contributed by atoms with Gasteiger partial charge in [0.15, 0.2) is 0 Å². The number of nitrogens with zero attached hydrogens (tertiary/aromatic N) is 3. The Morgan fingerprint density at radius 1 is 1.39 bits per heavy atom. The second-order valence-corrected chi connectivity index (χ2v) is 3.83. The number of anilines is 1. The van der Waals surface area contributed by atoms with Crippen LogP contribution in [0.15, 0.2) is 36.5 Å². The summed E-state index contributed by atoms with van der Waals surface area (Å²) in [6.07, 6.45) is 1.61. The highest BCUT2D eigenvalue weighted by atomic mass is 16.6. The van der Waals surface area contributed by atoms with Crippen LogP contribution in [0.5, 0.6) is 0 Å². The van der Waals surface area contributed by atoms with Gasteiger partial charge in [0.2, 0.25) is 0 Å². The van der Waals surface area contributed by atoms with Gasteiger partial charge in [0.1, 0.15) is 0 Å². The number of hydrogen-bond donors (Lipinski definition) is 1. The van der Waals surface area contributed by atoms with E-state index in [1.54, 1.807) is 25.3 Å². The maximum absolute atomic E-state index is 10.7. The minimum absolute atomic E-state index is 0.125. The lowest BCUT2D eigenvalue weighted by Gasteiger charge is -2.06. The first-order valence-electron chi connectivity index (χ1n) is 5.42. The Hall–Kier alpha value is -2.50. The minimum atomic E-state index is -0.387. The maximum Gasteiger partial charge on any atom is 0.272 e. The summed E-state index contributed by atoms with van der Waals surface area (Å²) in [7, 11) is 0. The van der Waals surface area contributed by atoms with E-state index in [1.807, 2.05) is 12.1 Å². The summed E-state index contributed by atoms with van der Waals surface area (Å²) in [6.45, 7) is 2.25. The van der Waals surface area contributed by atoms with Crippen molar-refractivity contribution >= 4 is 11.4 Å². The fourth-order valence-electron chi connectivity index (χ4n) is 1.59. The van der Waals surface area contributed by atoms with E-state index in [0.717, 1.165) is 11.4 Å². The zero-order chi connectivity index (χ0) is 13.0. The van der Waals surface area contributed by atoms with Crippen molar-refractivity contribution < 1.29 is 4.92 Å². The molecule has 18 heavy (non-hydrogen) atoms. The molecule has 0 aliphatic rings. The van der Waals surface area contributed by atoms with Crippen LogP contribution in [0.25, 0.3) is 0 Å². The molecule has 1 heterocycles. The van der Waals surface area contributed by atoms with Gasteiger partial charge in [0.25, 0.3) is 5.69 Å². The third-order valence-corrected chi connectivity index (χ3v) is 2.49. The summed E-state index contributed by atoms with van der Waals surface area (Å²) >= 11 is 0. The van der Waals surface area contributed by atoms with Gasteiger partial charge in [-0.3, -0.25) is 10.1 Å². The van der Waals surface area contributed by atoms with Crippen molar-refractivity contribution in [1.29, 1.82) is 0 Å². The molecule has 1 aromatic carbocycles. The normalized spacial score (nSPS) is 10.1. The summed E-state index contributed by atoms with van der Waals surface area (Å²) in [4.78, 5) is 10.3. The van der Waals surface area contributed by atoms with Crippen molar-refractivity contribution in [3.05, 3.63) is 57.9 Å². The van der Waals surface area contributed by atoms with E-state index in [9.17, 15) is 10.1 Å². The number of aromatic nitrogens is 2. The van der Waals surface area contributed by atoms with Crippen molar-refractivity contribution in [2.45, 2.75) is 13.5 Å². The highest BCUT2D eigenvalue weighted by Crippen LogP contribution is 2.21. The third-order valence-electron chi connectivity index (χ3n) is 2.49. The third kappa shape index (κ3) is 2.79. The molecule has 2 aromatic rings. The average molecular weight is 244 g/mol. The first-order valence-corrected chi connectivity index (χ1v) is 5.42. The zero-order valence-electron chi connectivity index (χ0n) is 9.83. The fourth-order valence-corrected chi connectivity index (χ4v) is 1.59. The van der Waals surface area contributed by atoms with E-state index in [1.165, 1.54) is 6.07 Å². The number of rotatable bonds is 4. The molecular weight excluding hydrogens is 232 g/mol. The van der Waals surface area contributed by atoms with Gasteiger partial charge in [-0.15, -0.1) is 0 Å². The number of nitro benzene ring substituents is 1. The Morgan fingerprint density at radius 3 is 2.83 bits per heavy atom. The highest BCUT2D eigenvalue weighted by Gasteiger charge is 2.09. The van der Waals surface area contributed by atoms with E-state index >= 15 is 0 Å². The number of nitrogens with one attached hydrogen (secondary N) is 1. The average Bonchev–Trinajstić information content (AvgIpc) is 2.37. The van der Waals surface area contributed by atoms with Crippen LogP contribution < -0.4 is 5.32 Å². The first kappa shape index (κ1) is 12.0. The second-order valence-electron chi connectivity index (χ2n) is 3.83. The van der Waals surface area contributed by atoms with E-state index in [2.05, 4.69) is 15.5 Å². The predicted octanol–water partition coefficient (Wildman–Crippen LogP) is 2.31. The largest absolute Gasteiger partial charge is 0.379 e. The molecule has 0 saturated heterocycles. The Balaban J connectivity index is 2.07. The molecule has 0 spiro atoms. The molecule has 6 nitrogen and oxygen atoms in total. The van der Waals surface area contributed by atoms with E-state index in [4.69, 9.17) is 0 Å². The molecule has 0 aliphatic carbocycles. The Bertz CT molecular complexity index is 557. The molecule has 0 amide bonds. The van der Waals surface area contributed by atoms with E-state index in [0.29, 0.717) is 12.1 Å². The maximum atomic E-state index is 10.7. The Labute approximate surface area is 104 Å². The summed E-state index contributed by atoms with van der Waals surface area (Å²) in [5.41, 5.74) is 2.39. The second kappa shape index (κ2) is 5.22. The molecule has 6 heteroatoms. The molecule has 92 valence electrons. The van der Waals surface area contributed by atoms with Crippen LogP contribution in [0.3, 0.4) is 0 Å². The van der Waals surface area contributed by atoms with E-state index < -0.39 is 0 Å². The summed E-state index contributed by atoms with van der Waals surface area (Å²) < 4.78 is 0. The van der Waals surface area contributed by atoms with Crippen LogP contribution in [0.2, 0.25) is 0 Å². The zero-order valence-corrected chi connectivity index (χ0v) is 9.83. The number of hydrogen-bond acceptors (Lipinski definition) is 5. The lowest BCUT2D eigenvalue weighted by atomic mass is 10.2. The number of benzene rings is 1. The number of nitro groups is 1. The molecule has 0 atom stereocenters. The topological polar surface area (TPSA) is 81.0 Å². The molecule has 2 rings (SSSR count). The lowest BCUT2D eigenvalue weighted by molar-refractivity contribution is -0.385. The molecule has 0 aliphatic heterocycles. The quantitative estimate of drug-likeness (QED) is 0.659. The monoisotopic (exact) mass is 244 g/mol. The van der Waals surface area contributed by atoms with Crippen LogP contribution in [0.4, 0.5) is 11.4 Å². The first-order chi connectivity index (χ1) is 8.66.